The van der Waals surface area contributed by atoms with Gasteiger partial charge in [-0.1, -0.05) is 0 Å². The molecule has 0 unspecified atom stereocenters. The molecule has 0 radical (unpaired) electrons. The predicted molar refractivity (Wildman–Crippen MR) is 110 cm³/mol. The van der Waals surface area contributed by atoms with Crippen LogP contribution < -0.4 is 11.2 Å². The topological polar surface area (TPSA) is 71.1 Å². The first-order valence-corrected chi connectivity index (χ1v) is 13.5. The molecule has 3 rings (SSSR count). The molecule has 1 aliphatic carbocycles. The number of hydrogen-bond acceptors (Lipinski definition) is 4. The van der Waals surface area contributed by atoms with E-state index in [1.807, 2.05) is 0 Å². The van der Waals surface area contributed by atoms with Crippen molar-refractivity contribution in [1.82, 2.24) is 18.7 Å². The van der Waals surface area contributed by atoms with Gasteiger partial charge in [0, 0.05) is 20.6 Å². The Labute approximate surface area is 173 Å². The summed E-state index contributed by atoms with van der Waals surface area (Å²) >= 11 is 0. The highest BCUT2D eigenvalue weighted by Gasteiger charge is 2.58. The molecule has 1 fully saturated rings. The van der Waals surface area contributed by atoms with E-state index >= 15 is 0 Å². The molecule has 2 aromatic heterocycles. The number of imidazole rings is 1. The Morgan fingerprint density at radius 2 is 1.80 bits per heavy atom. The normalized spacial score (nSPS) is 23.3. The van der Waals surface area contributed by atoms with Crippen molar-refractivity contribution in [3.63, 3.8) is 0 Å². The monoisotopic (exact) mass is 446 g/mol. The number of aryl methyl sites for hydroxylation is 2. The van der Waals surface area contributed by atoms with E-state index in [0.29, 0.717) is 30.4 Å². The summed E-state index contributed by atoms with van der Waals surface area (Å²) in [7, 11) is 0.854. The minimum atomic E-state index is -4.41. The highest BCUT2D eigenvalue weighted by Crippen LogP contribution is 2.47. The van der Waals surface area contributed by atoms with Crippen molar-refractivity contribution in [2.45, 2.75) is 70.1 Å². The van der Waals surface area contributed by atoms with Gasteiger partial charge in [-0.15, -0.1) is 0 Å². The molecule has 1 aliphatic rings. The quantitative estimate of drug-likeness (QED) is 0.662. The van der Waals surface area contributed by atoms with Crippen molar-refractivity contribution in [1.29, 1.82) is 0 Å². The average Bonchev–Trinajstić information content (AvgIpc) is 3.01. The van der Waals surface area contributed by atoms with Crippen molar-refractivity contribution in [3.8, 4) is 0 Å². The molecule has 0 amide bonds. The lowest BCUT2D eigenvalue weighted by Crippen LogP contribution is -2.55. The SMILES string of the molecule is Cn1cnc2c1c(=O)n(CCC1CCC(O[Si](C)(C)C)(C(F)(F)F)CC1)c(=O)n2C. The third-order valence-electron chi connectivity index (χ3n) is 5.89. The Hall–Kier alpha value is -1.88. The van der Waals surface area contributed by atoms with E-state index in [-0.39, 0.29) is 25.3 Å². The van der Waals surface area contributed by atoms with Crippen LogP contribution in [-0.2, 0) is 25.1 Å². The number of alkyl halides is 3. The maximum Gasteiger partial charge on any atom is 0.416 e. The first kappa shape index (κ1) is 22.8. The van der Waals surface area contributed by atoms with Crippen LogP contribution in [0.4, 0.5) is 13.2 Å². The van der Waals surface area contributed by atoms with Crippen LogP contribution in [0.1, 0.15) is 32.1 Å². The van der Waals surface area contributed by atoms with Gasteiger partial charge in [0.1, 0.15) is 0 Å². The second-order valence-corrected chi connectivity index (χ2v) is 13.7. The zero-order valence-electron chi connectivity index (χ0n) is 18.0. The van der Waals surface area contributed by atoms with Crippen molar-refractivity contribution in [2.75, 3.05) is 0 Å². The molecule has 168 valence electrons. The van der Waals surface area contributed by atoms with Gasteiger partial charge >= 0.3 is 11.9 Å². The van der Waals surface area contributed by atoms with Crippen LogP contribution in [0.3, 0.4) is 0 Å². The Morgan fingerprint density at radius 1 is 1.20 bits per heavy atom. The first-order valence-electron chi connectivity index (χ1n) is 10.1. The summed E-state index contributed by atoms with van der Waals surface area (Å²) in [5.41, 5.74) is -2.31. The van der Waals surface area contributed by atoms with E-state index in [0.717, 1.165) is 4.57 Å². The van der Waals surface area contributed by atoms with E-state index in [1.54, 1.807) is 38.3 Å². The zero-order valence-corrected chi connectivity index (χ0v) is 19.0. The molecule has 2 heterocycles. The molecule has 11 heteroatoms. The fourth-order valence-corrected chi connectivity index (χ4v) is 5.86. The van der Waals surface area contributed by atoms with E-state index in [9.17, 15) is 22.8 Å². The van der Waals surface area contributed by atoms with Gasteiger partial charge in [0.05, 0.1) is 6.33 Å². The summed E-state index contributed by atoms with van der Waals surface area (Å²) in [4.78, 5) is 29.5. The number of fused-ring (bicyclic) bond motifs is 1. The lowest BCUT2D eigenvalue weighted by atomic mass is 9.77. The maximum absolute atomic E-state index is 13.8. The van der Waals surface area contributed by atoms with Gasteiger partial charge in [-0.05, 0) is 57.7 Å². The molecule has 30 heavy (non-hydrogen) atoms. The summed E-state index contributed by atoms with van der Waals surface area (Å²) < 4.78 is 51.1. The molecule has 0 spiro atoms. The Morgan fingerprint density at radius 3 is 2.33 bits per heavy atom. The van der Waals surface area contributed by atoms with Gasteiger partial charge < -0.3 is 8.99 Å². The van der Waals surface area contributed by atoms with Crippen LogP contribution in [0.15, 0.2) is 15.9 Å². The largest absolute Gasteiger partial charge is 0.416 e. The minimum Gasteiger partial charge on any atom is -0.404 e. The van der Waals surface area contributed by atoms with E-state index < -0.39 is 31.3 Å². The standard InChI is InChI=1S/C19H29F3N4O3Si/c1-24-12-23-15-14(24)16(27)26(17(28)25(15)2)11-8-13-6-9-18(10-7-13,19(20,21)22)29-30(3,4)5/h12-13H,6-11H2,1-5H3. The van der Waals surface area contributed by atoms with Crippen molar-refractivity contribution >= 4 is 19.5 Å². The van der Waals surface area contributed by atoms with Crippen molar-refractivity contribution in [3.05, 3.63) is 27.2 Å². The average molecular weight is 447 g/mol. The summed E-state index contributed by atoms with van der Waals surface area (Å²) in [5.74, 6) is 0.00421. The van der Waals surface area contributed by atoms with Crippen molar-refractivity contribution in [2.24, 2.45) is 20.0 Å². The van der Waals surface area contributed by atoms with Gasteiger partial charge in [-0.3, -0.25) is 13.9 Å². The molecule has 0 N–H and O–H groups in total. The highest BCUT2D eigenvalue weighted by atomic mass is 28.4. The molecule has 0 saturated heterocycles. The van der Waals surface area contributed by atoms with Crippen LogP contribution >= 0.6 is 0 Å². The summed E-state index contributed by atoms with van der Waals surface area (Å²) in [6.07, 6.45) is -1.92. The third-order valence-corrected chi connectivity index (χ3v) is 6.90. The van der Waals surface area contributed by atoms with E-state index in [2.05, 4.69) is 4.98 Å². The molecule has 0 atom stereocenters. The Bertz CT molecular complexity index is 1040. The van der Waals surface area contributed by atoms with Crippen molar-refractivity contribution < 1.29 is 17.6 Å². The molecule has 2 aromatic rings. The lowest BCUT2D eigenvalue weighted by molar-refractivity contribution is -0.264. The number of rotatable bonds is 5. The van der Waals surface area contributed by atoms with Gasteiger partial charge in [0.25, 0.3) is 5.56 Å². The van der Waals surface area contributed by atoms with Gasteiger partial charge in [-0.25, -0.2) is 9.78 Å². The van der Waals surface area contributed by atoms with Crippen LogP contribution in [0, 0.1) is 5.92 Å². The van der Waals surface area contributed by atoms with Crippen LogP contribution in [-0.4, -0.2) is 38.8 Å². The molecule has 1 saturated carbocycles. The number of halogens is 3. The van der Waals surface area contributed by atoms with Gasteiger partial charge in [0.15, 0.2) is 25.1 Å². The molecule has 0 aromatic carbocycles. The number of nitrogens with zero attached hydrogens (tertiary/aromatic N) is 4. The first-order chi connectivity index (χ1) is 13.8. The van der Waals surface area contributed by atoms with Gasteiger partial charge in [-0.2, -0.15) is 13.2 Å². The fourth-order valence-electron chi connectivity index (χ4n) is 4.37. The molecule has 0 aliphatic heterocycles. The summed E-state index contributed by atoms with van der Waals surface area (Å²) in [6.45, 7) is 5.47. The second kappa shape index (κ2) is 7.67. The summed E-state index contributed by atoms with van der Waals surface area (Å²) in [5, 5.41) is 0. The number of hydrogen-bond donors (Lipinski definition) is 0. The molecule has 0 bridgehead atoms. The molecular weight excluding hydrogens is 417 g/mol. The molecule has 7 nitrogen and oxygen atoms in total. The minimum absolute atomic E-state index is 0.00421. The van der Waals surface area contributed by atoms with Crippen LogP contribution in [0.2, 0.25) is 19.6 Å². The van der Waals surface area contributed by atoms with Gasteiger partial charge in [0.2, 0.25) is 0 Å². The summed E-state index contributed by atoms with van der Waals surface area (Å²) in [6, 6.07) is 0. The van der Waals surface area contributed by atoms with Crippen LogP contribution in [0.5, 0.6) is 0 Å². The van der Waals surface area contributed by atoms with E-state index in [1.165, 1.54) is 10.9 Å². The lowest BCUT2D eigenvalue weighted by Gasteiger charge is -2.44. The predicted octanol–water partition coefficient (Wildman–Crippen LogP) is 3.17. The number of aromatic nitrogens is 4. The Kier molecular flexibility index (Phi) is 5.83. The highest BCUT2D eigenvalue weighted by molar-refractivity contribution is 6.69. The molecular formula is C19H29F3N4O3Si. The Balaban J connectivity index is 1.76. The zero-order chi connectivity index (χ0) is 22.5. The van der Waals surface area contributed by atoms with Crippen LogP contribution in [0.25, 0.3) is 11.2 Å². The fraction of sp³-hybridized carbons (Fsp3) is 0.737. The van der Waals surface area contributed by atoms with E-state index in [4.69, 9.17) is 4.43 Å². The second-order valence-electron chi connectivity index (χ2n) is 9.26. The third kappa shape index (κ3) is 4.14. The maximum atomic E-state index is 13.8. The smallest absolute Gasteiger partial charge is 0.404 e.